The third-order valence-corrected chi connectivity index (χ3v) is 6.64. The molecule has 0 unspecified atom stereocenters. The van der Waals surface area contributed by atoms with Crippen molar-refractivity contribution in [1.29, 1.82) is 0 Å². The SMILES string of the molecule is N[C@H]1CC2(NC(=O)N3CCc4ccccc4[C@@H]3c3ccc(F)cc3)CC1C2. The smallest absolute Gasteiger partial charge is 0.318 e. The van der Waals surface area contributed by atoms with Crippen LogP contribution in [0.25, 0.3) is 0 Å². The molecule has 2 bridgehead atoms. The van der Waals surface area contributed by atoms with Gasteiger partial charge in [0, 0.05) is 18.1 Å². The van der Waals surface area contributed by atoms with Crippen molar-refractivity contribution >= 4 is 6.03 Å². The predicted molar refractivity (Wildman–Crippen MR) is 102 cm³/mol. The van der Waals surface area contributed by atoms with Crippen molar-refractivity contribution in [3.63, 3.8) is 0 Å². The average Bonchev–Trinajstić information content (AvgIpc) is 3.12. The number of urea groups is 1. The number of nitrogens with zero attached hydrogens (tertiary/aromatic N) is 1. The fourth-order valence-corrected chi connectivity index (χ4v) is 5.27. The van der Waals surface area contributed by atoms with Crippen LogP contribution in [0.15, 0.2) is 48.5 Å². The number of carbonyl (C=O) groups is 1. The van der Waals surface area contributed by atoms with E-state index in [0.29, 0.717) is 12.5 Å². The number of fused-ring (bicyclic) bond motifs is 2. The molecule has 2 atom stereocenters. The Balaban J connectivity index is 1.47. The van der Waals surface area contributed by atoms with Gasteiger partial charge >= 0.3 is 6.03 Å². The number of amides is 2. The maximum absolute atomic E-state index is 13.5. The van der Waals surface area contributed by atoms with Crippen molar-refractivity contribution < 1.29 is 9.18 Å². The Labute approximate surface area is 158 Å². The third-order valence-electron chi connectivity index (χ3n) is 6.64. The molecule has 3 saturated carbocycles. The van der Waals surface area contributed by atoms with Gasteiger partial charge in [-0.15, -0.1) is 0 Å². The standard InChI is InChI=1S/C22H24FN3O/c23-17-7-5-15(6-8-17)20-18-4-2-1-3-14(18)9-10-26(20)21(27)25-22-11-16(12-22)19(24)13-22/h1-8,16,19-20H,9-13,24H2,(H,25,27)/t16?,19-,20-,22?/m0/s1. The Morgan fingerprint density at radius 1 is 1.11 bits per heavy atom. The van der Waals surface area contributed by atoms with E-state index in [-0.39, 0.29) is 29.5 Å². The lowest BCUT2D eigenvalue weighted by atomic mass is 9.77. The summed E-state index contributed by atoms with van der Waals surface area (Å²) in [5, 5.41) is 3.30. The minimum Gasteiger partial charge on any atom is -0.332 e. The van der Waals surface area contributed by atoms with E-state index >= 15 is 0 Å². The largest absolute Gasteiger partial charge is 0.332 e. The van der Waals surface area contributed by atoms with Gasteiger partial charge in [-0.2, -0.15) is 0 Å². The number of nitrogens with one attached hydrogen (secondary N) is 1. The second kappa shape index (κ2) is 6.06. The fraction of sp³-hybridized carbons (Fsp3) is 0.409. The maximum Gasteiger partial charge on any atom is 0.318 e. The molecule has 3 fully saturated rings. The van der Waals surface area contributed by atoms with Crippen molar-refractivity contribution in [2.75, 3.05) is 6.54 Å². The van der Waals surface area contributed by atoms with Crippen molar-refractivity contribution in [3.05, 3.63) is 71.0 Å². The molecule has 2 aromatic rings. The van der Waals surface area contributed by atoms with E-state index < -0.39 is 0 Å². The van der Waals surface area contributed by atoms with Gasteiger partial charge in [-0.25, -0.2) is 9.18 Å². The number of hydrogen-bond acceptors (Lipinski definition) is 2. The number of nitrogens with two attached hydrogens (primary N) is 1. The Morgan fingerprint density at radius 3 is 2.56 bits per heavy atom. The van der Waals surface area contributed by atoms with Crippen LogP contribution in [0.2, 0.25) is 0 Å². The van der Waals surface area contributed by atoms with Crippen molar-refractivity contribution in [3.8, 4) is 0 Å². The molecule has 0 saturated heterocycles. The normalized spacial score (nSPS) is 31.2. The van der Waals surface area contributed by atoms with Crippen LogP contribution >= 0.6 is 0 Å². The van der Waals surface area contributed by atoms with E-state index in [9.17, 15) is 9.18 Å². The molecule has 0 radical (unpaired) electrons. The Morgan fingerprint density at radius 2 is 1.85 bits per heavy atom. The van der Waals surface area contributed by atoms with Crippen LogP contribution in [0.4, 0.5) is 9.18 Å². The van der Waals surface area contributed by atoms with Gasteiger partial charge in [0.1, 0.15) is 5.82 Å². The van der Waals surface area contributed by atoms with Crippen molar-refractivity contribution in [2.45, 2.75) is 43.3 Å². The molecule has 6 rings (SSSR count). The van der Waals surface area contributed by atoms with E-state index in [4.69, 9.17) is 5.73 Å². The van der Waals surface area contributed by atoms with Gasteiger partial charge in [-0.3, -0.25) is 0 Å². The second-order valence-corrected chi connectivity index (χ2v) is 8.34. The van der Waals surface area contributed by atoms with Crippen molar-refractivity contribution in [1.82, 2.24) is 10.2 Å². The lowest BCUT2D eigenvalue weighted by molar-refractivity contribution is 0.141. The number of carbonyl (C=O) groups excluding carboxylic acids is 1. The predicted octanol–water partition coefficient (Wildman–Crippen LogP) is 3.36. The highest BCUT2D eigenvalue weighted by Crippen LogP contribution is 2.51. The molecule has 0 aromatic heterocycles. The zero-order chi connectivity index (χ0) is 18.6. The van der Waals surface area contributed by atoms with E-state index in [1.165, 1.54) is 17.7 Å². The summed E-state index contributed by atoms with van der Waals surface area (Å²) in [5.41, 5.74) is 9.34. The molecule has 3 aliphatic carbocycles. The van der Waals surface area contributed by atoms with Gasteiger partial charge in [0.15, 0.2) is 0 Å². The van der Waals surface area contributed by atoms with Crippen LogP contribution in [0.5, 0.6) is 0 Å². The first-order chi connectivity index (χ1) is 13.0. The topological polar surface area (TPSA) is 58.4 Å². The average molecular weight is 365 g/mol. The molecule has 140 valence electrons. The van der Waals surface area contributed by atoms with Crippen LogP contribution in [0, 0.1) is 11.7 Å². The summed E-state index contributed by atoms with van der Waals surface area (Å²) < 4.78 is 13.5. The van der Waals surface area contributed by atoms with Crippen LogP contribution in [-0.2, 0) is 6.42 Å². The molecule has 0 spiro atoms. The number of rotatable bonds is 2. The molecule has 2 aromatic carbocycles. The molecule has 4 aliphatic rings. The summed E-state index contributed by atoms with van der Waals surface area (Å²) >= 11 is 0. The van der Waals surface area contributed by atoms with Crippen LogP contribution in [-0.4, -0.2) is 29.1 Å². The minimum atomic E-state index is -0.266. The van der Waals surface area contributed by atoms with Crippen LogP contribution < -0.4 is 11.1 Å². The molecule has 27 heavy (non-hydrogen) atoms. The molecule has 5 heteroatoms. The summed E-state index contributed by atoms with van der Waals surface area (Å²) in [6.45, 7) is 0.649. The Hall–Kier alpha value is -2.40. The zero-order valence-corrected chi connectivity index (χ0v) is 15.2. The number of hydrogen-bond donors (Lipinski definition) is 2. The number of halogens is 1. The van der Waals surface area contributed by atoms with Crippen LogP contribution in [0.1, 0.15) is 42.0 Å². The summed E-state index contributed by atoms with van der Waals surface area (Å²) in [6, 6.07) is 14.7. The van der Waals surface area contributed by atoms with E-state index in [1.807, 2.05) is 17.0 Å². The third kappa shape index (κ3) is 2.72. The molecule has 4 nitrogen and oxygen atoms in total. The molecule has 3 N–H and O–H groups in total. The highest BCUT2D eigenvalue weighted by Gasteiger charge is 2.56. The summed E-state index contributed by atoms with van der Waals surface area (Å²) in [6.07, 6.45) is 3.68. The van der Waals surface area contributed by atoms with Gasteiger partial charge in [0.05, 0.1) is 6.04 Å². The van der Waals surface area contributed by atoms with E-state index in [2.05, 4.69) is 17.4 Å². The summed E-state index contributed by atoms with van der Waals surface area (Å²) in [7, 11) is 0. The quantitative estimate of drug-likeness (QED) is 0.857. The van der Waals surface area contributed by atoms with E-state index in [0.717, 1.165) is 36.8 Å². The summed E-state index contributed by atoms with van der Waals surface area (Å²) in [5.74, 6) is 0.290. The zero-order valence-electron chi connectivity index (χ0n) is 15.2. The molecule has 1 aliphatic heterocycles. The minimum absolute atomic E-state index is 0.0358. The monoisotopic (exact) mass is 365 g/mol. The van der Waals surface area contributed by atoms with Gasteiger partial charge in [-0.05, 0) is 60.4 Å². The molecular weight excluding hydrogens is 341 g/mol. The lowest BCUT2D eigenvalue weighted by Crippen LogP contribution is -2.57. The first kappa shape index (κ1) is 16.8. The van der Waals surface area contributed by atoms with Crippen molar-refractivity contribution in [2.24, 2.45) is 11.7 Å². The second-order valence-electron chi connectivity index (χ2n) is 8.34. The van der Waals surface area contributed by atoms with Gasteiger partial charge in [-0.1, -0.05) is 36.4 Å². The number of benzene rings is 2. The molecule has 1 heterocycles. The fourth-order valence-electron chi connectivity index (χ4n) is 5.27. The van der Waals surface area contributed by atoms with E-state index in [1.54, 1.807) is 12.1 Å². The van der Waals surface area contributed by atoms with Gasteiger partial charge in [0.2, 0.25) is 0 Å². The Kier molecular flexibility index (Phi) is 3.76. The maximum atomic E-state index is 13.5. The molecular formula is C22H24FN3O. The first-order valence-electron chi connectivity index (χ1n) is 9.72. The lowest BCUT2D eigenvalue weighted by Gasteiger charge is -2.43. The highest BCUT2D eigenvalue weighted by molar-refractivity contribution is 5.77. The highest BCUT2D eigenvalue weighted by atomic mass is 19.1. The van der Waals surface area contributed by atoms with Gasteiger partial charge in [0.25, 0.3) is 0 Å². The van der Waals surface area contributed by atoms with Gasteiger partial charge < -0.3 is 16.0 Å². The Bertz CT molecular complexity index is 875. The first-order valence-corrected chi connectivity index (χ1v) is 9.72. The summed E-state index contributed by atoms with van der Waals surface area (Å²) in [4.78, 5) is 15.2. The van der Waals surface area contributed by atoms with Crippen LogP contribution in [0.3, 0.4) is 0 Å². The molecule has 2 amide bonds.